The number of carbonyl (C=O) groups is 2. The van der Waals surface area contributed by atoms with Crippen molar-refractivity contribution < 1.29 is 14.3 Å². The molecule has 1 N–H and O–H groups in total. The first-order valence-electron chi connectivity index (χ1n) is 9.28. The van der Waals surface area contributed by atoms with Gasteiger partial charge >= 0.3 is 5.97 Å². The lowest BCUT2D eigenvalue weighted by molar-refractivity contribution is 0.0529. The highest BCUT2D eigenvalue weighted by molar-refractivity contribution is 7.97. The van der Waals surface area contributed by atoms with Gasteiger partial charge in [0, 0.05) is 22.3 Å². The smallest absolute Gasteiger partial charge is 0.341 e. The predicted molar refractivity (Wildman–Crippen MR) is 122 cm³/mol. The topological polar surface area (TPSA) is 55.4 Å². The Morgan fingerprint density at radius 2 is 1.76 bits per heavy atom. The third-order valence-corrected chi connectivity index (χ3v) is 5.90. The number of amides is 1. The number of thiophene rings is 1. The van der Waals surface area contributed by atoms with E-state index in [1.54, 1.807) is 30.8 Å². The fourth-order valence-corrected chi connectivity index (χ4v) is 4.37. The van der Waals surface area contributed by atoms with Crippen LogP contribution in [0.15, 0.2) is 53.9 Å². The highest BCUT2D eigenvalue weighted by Crippen LogP contribution is 2.36. The molecule has 0 spiro atoms. The van der Waals surface area contributed by atoms with Gasteiger partial charge in [-0.1, -0.05) is 42.0 Å². The zero-order valence-electron chi connectivity index (χ0n) is 16.7. The van der Waals surface area contributed by atoms with Crippen LogP contribution in [0, 0.1) is 6.92 Å². The number of carbonyl (C=O) groups excluding carboxylic acids is 2. The van der Waals surface area contributed by atoms with E-state index < -0.39 is 5.97 Å². The molecule has 2 aromatic carbocycles. The maximum atomic E-state index is 12.7. The molecule has 4 nitrogen and oxygen atoms in total. The fourth-order valence-electron chi connectivity index (χ4n) is 2.90. The molecule has 1 amide bonds. The molecular formula is C23H23NO3S2. The van der Waals surface area contributed by atoms with Crippen LogP contribution >= 0.6 is 23.1 Å². The zero-order valence-corrected chi connectivity index (χ0v) is 18.3. The minimum absolute atomic E-state index is 0.247. The van der Waals surface area contributed by atoms with E-state index in [1.165, 1.54) is 16.9 Å². The fraction of sp³-hybridized carbons (Fsp3) is 0.217. The highest BCUT2D eigenvalue weighted by Gasteiger charge is 2.23. The van der Waals surface area contributed by atoms with Gasteiger partial charge in [-0.15, -0.1) is 11.3 Å². The van der Waals surface area contributed by atoms with Gasteiger partial charge in [0.2, 0.25) is 0 Å². The first kappa shape index (κ1) is 21.1. The summed E-state index contributed by atoms with van der Waals surface area (Å²) in [5.41, 5.74) is 4.93. The Morgan fingerprint density at radius 1 is 1.07 bits per heavy atom. The van der Waals surface area contributed by atoms with E-state index >= 15 is 0 Å². The number of benzene rings is 2. The number of rotatable bonds is 7. The van der Waals surface area contributed by atoms with Crippen LogP contribution in [-0.4, -0.2) is 24.7 Å². The number of nitrogens with one attached hydrogen (secondary N) is 1. The quantitative estimate of drug-likeness (QED) is 0.471. The first-order valence-corrected chi connectivity index (χ1v) is 11.6. The SMILES string of the molecule is CCOC(=O)c1c(-c2ccc(C)cc2)csc1NC(=O)c1ccc(CSC)cc1. The Bertz CT molecular complexity index is 992. The van der Waals surface area contributed by atoms with Gasteiger partial charge in [0.05, 0.1) is 6.61 Å². The molecule has 0 radical (unpaired) electrons. The van der Waals surface area contributed by atoms with Crippen molar-refractivity contribution in [3.8, 4) is 11.1 Å². The first-order chi connectivity index (χ1) is 14.0. The molecule has 3 rings (SSSR count). The van der Waals surface area contributed by atoms with Crippen molar-refractivity contribution in [2.45, 2.75) is 19.6 Å². The summed E-state index contributed by atoms with van der Waals surface area (Å²) in [5.74, 6) is 0.221. The maximum absolute atomic E-state index is 12.7. The van der Waals surface area contributed by atoms with Crippen LogP contribution in [0.2, 0.25) is 0 Å². The van der Waals surface area contributed by atoms with Crippen LogP contribution in [0.25, 0.3) is 11.1 Å². The minimum atomic E-state index is -0.435. The molecule has 1 heterocycles. The number of hydrogen-bond donors (Lipinski definition) is 1. The van der Waals surface area contributed by atoms with Crippen molar-refractivity contribution in [1.82, 2.24) is 0 Å². The van der Waals surface area contributed by atoms with Crippen molar-refractivity contribution in [2.24, 2.45) is 0 Å². The number of ether oxygens (including phenoxy) is 1. The van der Waals surface area contributed by atoms with Gasteiger partial charge < -0.3 is 10.1 Å². The van der Waals surface area contributed by atoms with Crippen molar-refractivity contribution in [3.63, 3.8) is 0 Å². The average molecular weight is 426 g/mol. The number of anilines is 1. The molecule has 150 valence electrons. The molecule has 0 fully saturated rings. The summed E-state index contributed by atoms with van der Waals surface area (Å²) in [4.78, 5) is 25.4. The Morgan fingerprint density at radius 3 is 2.38 bits per heavy atom. The van der Waals surface area contributed by atoms with E-state index in [2.05, 4.69) is 5.32 Å². The van der Waals surface area contributed by atoms with Crippen molar-refractivity contribution in [3.05, 3.63) is 76.2 Å². The monoisotopic (exact) mass is 425 g/mol. The normalized spacial score (nSPS) is 10.6. The predicted octanol–water partition coefficient (Wildman–Crippen LogP) is 6.02. The summed E-state index contributed by atoms with van der Waals surface area (Å²) in [6, 6.07) is 15.4. The van der Waals surface area contributed by atoms with Crippen LogP contribution in [-0.2, 0) is 10.5 Å². The Hall–Kier alpha value is -2.57. The summed E-state index contributed by atoms with van der Waals surface area (Å²) in [6.07, 6.45) is 2.04. The second kappa shape index (κ2) is 9.76. The third-order valence-electron chi connectivity index (χ3n) is 4.39. The molecule has 0 aliphatic carbocycles. The van der Waals surface area contributed by atoms with E-state index in [4.69, 9.17) is 4.74 Å². The van der Waals surface area contributed by atoms with Gasteiger partial charge in [0.15, 0.2) is 0 Å². The second-order valence-electron chi connectivity index (χ2n) is 6.52. The van der Waals surface area contributed by atoms with Gasteiger partial charge in [0.25, 0.3) is 5.91 Å². The van der Waals surface area contributed by atoms with Gasteiger partial charge in [-0.3, -0.25) is 4.79 Å². The van der Waals surface area contributed by atoms with Crippen LogP contribution in [0.5, 0.6) is 0 Å². The van der Waals surface area contributed by atoms with Gasteiger partial charge in [0.1, 0.15) is 10.6 Å². The summed E-state index contributed by atoms with van der Waals surface area (Å²) in [6.45, 7) is 4.05. The molecular weight excluding hydrogens is 402 g/mol. The van der Waals surface area contributed by atoms with Gasteiger partial charge in [-0.2, -0.15) is 11.8 Å². The van der Waals surface area contributed by atoms with Crippen LogP contribution in [0.3, 0.4) is 0 Å². The van der Waals surface area contributed by atoms with Gasteiger partial charge in [-0.25, -0.2) is 4.79 Å². The third kappa shape index (κ3) is 5.08. The second-order valence-corrected chi connectivity index (χ2v) is 8.27. The van der Waals surface area contributed by atoms with E-state index in [1.807, 2.05) is 55.0 Å². The number of hydrogen-bond acceptors (Lipinski definition) is 5. The highest BCUT2D eigenvalue weighted by atomic mass is 32.2. The van der Waals surface area contributed by atoms with Crippen LogP contribution in [0.4, 0.5) is 5.00 Å². The molecule has 0 aliphatic heterocycles. The van der Waals surface area contributed by atoms with Crippen LogP contribution < -0.4 is 5.32 Å². The van der Waals surface area contributed by atoms with E-state index in [-0.39, 0.29) is 12.5 Å². The Labute approximate surface area is 179 Å². The lowest BCUT2D eigenvalue weighted by atomic mass is 10.0. The lowest BCUT2D eigenvalue weighted by Gasteiger charge is -2.09. The number of aryl methyl sites for hydroxylation is 1. The summed E-state index contributed by atoms with van der Waals surface area (Å²) in [7, 11) is 0. The maximum Gasteiger partial charge on any atom is 0.341 e. The molecule has 0 bridgehead atoms. The Kier molecular flexibility index (Phi) is 7.12. The number of esters is 1. The zero-order chi connectivity index (χ0) is 20.8. The summed E-state index contributed by atoms with van der Waals surface area (Å²) in [5, 5.41) is 5.27. The van der Waals surface area contributed by atoms with Crippen molar-refractivity contribution in [1.29, 1.82) is 0 Å². The molecule has 3 aromatic rings. The molecule has 29 heavy (non-hydrogen) atoms. The van der Waals surface area contributed by atoms with E-state index in [9.17, 15) is 9.59 Å². The van der Waals surface area contributed by atoms with Gasteiger partial charge in [-0.05, 0) is 43.4 Å². The Balaban J connectivity index is 1.91. The molecule has 0 saturated carbocycles. The molecule has 1 aromatic heterocycles. The molecule has 0 aliphatic rings. The van der Waals surface area contributed by atoms with E-state index in [0.29, 0.717) is 16.1 Å². The largest absolute Gasteiger partial charge is 0.462 e. The summed E-state index contributed by atoms with van der Waals surface area (Å²) < 4.78 is 5.26. The standard InChI is InChI=1S/C23H23NO3S2/c1-4-27-23(26)20-19(17-9-5-15(2)6-10-17)14-29-22(20)24-21(25)18-11-7-16(8-12-18)13-28-3/h5-12,14H,4,13H2,1-3H3,(H,24,25). The molecule has 0 saturated heterocycles. The molecule has 0 atom stereocenters. The minimum Gasteiger partial charge on any atom is -0.462 e. The molecule has 6 heteroatoms. The van der Waals surface area contributed by atoms with Crippen molar-refractivity contribution >= 4 is 40.0 Å². The average Bonchev–Trinajstić information content (AvgIpc) is 3.13. The van der Waals surface area contributed by atoms with Crippen LogP contribution in [0.1, 0.15) is 38.8 Å². The van der Waals surface area contributed by atoms with E-state index in [0.717, 1.165) is 22.4 Å². The molecule has 0 unspecified atom stereocenters. The lowest BCUT2D eigenvalue weighted by Crippen LogP contribution is -2.14. The van der Waals surface area contributed by atoms with Crippen molar-refractivity contribution in [2.75, 3.05) is 18.2 Å². The summed E-state index contributed by atoms with van der Waals surface area (Å²) >= 11 is 3.06. The number of thioether (sulfide) groups is 1.